The predicted octanol–water partition coefficient (Wildman–Crippen LogP) is 2.37. The Balaban J connectivity index is 2.24. The molecule has 0 spiro atoms. The molecule has 0 aliphatic rings. The lowest BCUT2D eigenvalue weighted by atomic mass is 10.2. The molecule has 1 aromatic carbocycles. The summed E-state index contributed by atoms with van der Waals surface area (Å²) in [6.45, 7) is 3.68. The van der Waals surface area contributed by atoms with Gasteiger partial charge in [0.25, 0.3) is 0 Å². The SMILES string of the molecule is CCOCCCCOC(=O)c1ccccc1O. The van der Waals surface area contributed by atoms with Crippen LogP contribution in [0.3, 0.4) is 0 Å². The molecule has 94 valence electrons. The molecule has 1 N–H and O–H groups in total. The lowest BCUT2D eigenvalue weighted by Gasteiger charge is -2.06. The Morgan fingerprint density at radius 1 is 1.24 bits per heavy atom. The van der Waals surface area contributed by atoms with E-state index >= 15 is 0 Å². The number of ether oxygens (including phenoxy) is 2. The number of rotatable bonds is 7. The summed E-state index contributed by atoms with van der Waals surface area (Å²) in [6, 6.07) is 6.35. The lowest BCUT2D eigenvalue weighted by molar-refractivity contribution is 0.0480. The van der Waals surface area contributed by atoms with Gasteiger partial charge in [-0.1, -0.05) is 12.1 Å². The van der Waals surface area contributed by atoms with E-state index in [4.69, 9.17) is 9.47 Å². The van der Waals surface area contributed by atoms with Crippen LogP contribution in [-0.2, 0) is 9.47 Å². The number of hydrogen-bond donors (Lipinski definition) is 1. The second kappa shape index (κ2) is 7.68. The highest BCUT2D eigenvalue weighted by Crippen LogP contribution is 2.16. The van der Waals surface area contributed by atoms with E-state index < -0.39 is 5.97 Å². The van der Waals surface area contributed by atoms with Crippen molar-refractivity contribution in [1.82, 2.24) is 0 Å². The number of para-hydroxylation sites is 1. The van der Waals surface area contributed by atoms with Crippen molar-refractivity contribution in [3.8, 4) is 5.75 Å². The second-order valence-electron chi connectivity index (χ2n) is 3.56. The summed E-state index contributed by atoms with van der Waals surface area (Å²) in [5.74, 6) is -0.536. The summed E-state index contributed by atoms with van der Waals surface area (Å²) in [5, 5.41) is 9.43. The molecule has 17 heavy (non-hydrogen) atoms. The Hall–Kier alpha value is -1.55. The van der Waals surface area contributed by atoms with E-state index in [0.717, 1.165) is 12.8 Å². The van der Waals surface area contributed by atoms with Crippen LogP contribution in [0.15, 0.2) is 24.3 Å². The molecule has 0 saturated heterocycles. The van der Waals surface area contributed by atoms with E-state index in [-0.39, 0.29) is 11.3 Å². The highest BCUT2D eigenvalue weighted by Gasteiger charge is 2.10. The van der Waals surface area contributed by atoms with Crippen LogP contribution in [-0.4, -0.2) is 30.9 Å². The Bertz CT molecular complexity index is 349. The lowest BCUT2D eigenvalue weighted by Crippen LogP contribution is -2.07. The van der Waals surface area contributed by atoms with Gasteiger partial charge in [-0.3, -0.25) is 0 Å². The van der Waals surface area contributed by atoms with E-state index in [1.807, 2.05) is 6.92 Å². The van der Waals surface area contributed by atoms with Gasteiger partial charge in [-0.25, -0.2) is 4.79 Å². The molecule has 0 amide bonds. The molecule has 0 fully saturated rings. The van der Waals surface area contributed by atoms with Crippen molar-refractivity contribution in [2.45, 2.75) is 19.8 Å². The minimum atomic E-state index is -0.487. The van der Waals surface area contributed by atoms with E-state index in [0.29, 0.717) is 19.8 Å². The Labute approximate surface area is 101 Å². The van der Waals surface area contributed by atoms with Gasteiger partial charge in [-0.2, -0.15) is 0 Å². The number of benzene rings is 1. The Morgan fingerprint density at radius 2 is 1.94 bits per heavy atom. The van der Waals surface area contributed by atoms with Crippen molar-refractivity contribution in [2.24, 2.45) is 0 Å². The highest BCUT2D eigenvalue weighted by molar-refractivity contribution is 5.92. The van der Waals surface area contributed by atoms with Crippen LogP contribution in [0.5, 0.6) is 5.75 Å². The van der Waals surface area contributed by atoms with Crippen molar-refractivity contribution < 1.29 is 19.4 Å². The molecule has 0 aliphatic carbocycles. The molecule has 0 atom stereocenters. The minimum absolute atomic E-state index is 0.0492. The summed E-state index contributed by atoms with van der Waals surface area (Å²) in [7, 11) is 0. The molecule has 0 unspecified atom stereocenters. The predicted molar refractivity (Wildman–Crippen MR) is 64.1 cm³/mol. The number of esters is 1. The van der Waals surface area contributed by atoms with Gasteiger partial charge in [-0.05, 0) is 31.9 Å². The number of hydrogen-bond acceptors (Lipinski definition) is 4. The first-order valence-corrected chi connectivity index (χ1v) is 5.78. The molecular formula is C13H18O4. The first-order valence-electron chi connectivity index (χ1n) is 5.78. The van der Waals surface area contributed by atoms with Crippen molar-refractivity contribution >= 4 is 5.97 Å². The monoisotopic (exact) mass is 238 g/mol. The molecular weight excluding hydrogens is 220 g/mol. The van der Waals surface area contributed by atoms with E-state index in [1.54, 1.807) is 12.1 Å². The van der Waals surface area contributed by atoms with Gasteiger partial charge >= 0.3 is 5.97 Å². The van der Waals surface area contributed by atoms with Gasteiger partial charge in [0, 0.05) is 13.2 Å². The van der Waals surface area contributed by atoms with Gasteiger partial charge in [0.15, 0.2) is 0 Å². The first kappa shape index (κ1) is 13.5. The molecule has 0 heterocycles. The number of phenols is 1. The van der Waals surface area contributed by atoms with Crippen LogP contribution >= 0.6 is 0 Å². The largest absolute Gasteiger partial charge is 0.507 e. The number of carbonyl (C=O) groups excluding carboxylic acids is 1. The zero-order valence-corrected chi connectivity index (χ0v) is 10.0. The molecule has 0 bridgehead atoms. The van der Waals surface area contributed by atoms with Gasteiger partial charge in [0.1, 0.15) is 11.3 Å². The quantitative estimate of drug-likeness (QED) is 0.585. The summed E-state index contributed by atoms with van der Waals surface area (Å²) in [6.07, 6.45) is 1.63. The molecule has 0 saturated carbocycles. The summed E-state index contributed by atoms with van der Waals surface area (Å²) >= 11 is 0. The van der Waals surface area contributed by atoms with Gasteiger partial charge in [0.05, 0.1) is 6.61 Å². The summed E-state index contributed by atoms with van der Waals surface area (Å²) in [5.41, 5.74) is 0.206. The van der Waals surface area contributed by atoms with E-state index in [2.05, 4.69) is 0 Å². The van der Waals surface area contributed by atoms with Crippen LogP contribution in [0.1, 0.15) is 30.1 Å². The Kier molecular flexibility index (Phi) is 6.10. The summed E-state index contributed by atoms with van der Waals surface area (Å²) < 4.78 is 10.2. The van der Waals surface area contributed by atoms with Crippen molar-refractivity contribution in [3.05, 3.63) is 29.8 Å². The molecule has 4 heteroatoms. The average molecular weight is 238 g/mol. The highest BCUT2D eigenvalue weighted by atomic mass is 16.5. The van der Waals surface area contributed by atoms with Crippen molar-refractivity contribution in [1.29, 1.82) is 0 Å². The van der Waals surface area contributed by atoms with Crippen LogP contribution in [0.25, 0.3) is 0 Å². The fourth-order valence-electron chi connectivity index (χ4n) is 1.34. The maximum atomic E-state index is 11.5. The van der Waals surface area contributed by atoms with Crippen molar-refractivity contribution in [3.63, 3.8) is 0 Å². The zero-order chi connectivity index (χ0) is 12.5. The summed E-state index contributed by atoms with van der Waals surface area (Å²) in [4.78, 5) is 11.5. The molecule has 0 aliphatic heterocycles. The standard InChI is InChI=1S/C13H18O4/c1-2-16-9-5-6-10-17-13(15)11-7-3-4-8-12(11)14/h3-4,7-8,14H,2,5-6,9-10H2,1H3. The Morgan fingerprint density at radius 3 is 2.65 bits per heavy atom. The van der Waals surface area contributed by atoms with Gasteiger partial charge < -0.3 is 14.6 Å². The van der Waals surface area contributed by atoms with Crippen LogP contribution < -0.4 is 0 Å². The number of unbranched alkanes of at least 4 members (excludes halogenated alkanes) is 1. The van der Waals surface area contributed by atoms with Crippen LogP contribution in [0.4, 0.5) is 0 Å². The first-order chi connectivity index (χ1) is 8.25. The number of aromatic hydroxyl groups is 1. The topological polar surface area (TPSA) is 55.8 Å². The second-order valence-corrected chi connectivity index (χ2v) is 3.56. The fraction of sp³-hybridized carbons (Fsp3) is 0.462. The third kappa shape index (κ3) is 4.87. The zero-order valence-electron chi connectivity index (χ0n) is 10.0. The molecule has 1 rings (SSSR count). The minimum Gasteiger partial charge on any atom is -0.507 e. The molecule has 0 radical (unpaired) electrons. The normalized spacial score (nSPS) is 10.2. The smallest absolute Gasteiger partial charge is 0.341 e. The van der Waals surface area contributed by atoms with Gasteiger partial charge in [-0.15, -0.1) is 0 Å². The van der Waals surface area contributed by atoms with Gasteiger partial charge in [0.2, 0.25) is 0 Å². The van der Waals surface area contributed by atoms with E-state index in [1.165, 1.54) is 12.1 Å². The number of carbonyl (C=O) groups is 1. The molecule has 4 nitrogen and oxygen atoms in total. The maximum absolute atomic E-state index is 11.5. The average Bonchev–Trinajstić information content (AvgIpc) is 2.34. The van der Waals surface area contributed by atoms with Crippen LogP contribution in [0.2, 0.25) is 0 Å². The third-order valence-electron chi connectivity index (χ3n) is 2.24. The molecule has 1 aromatic rings. The number of phenolic OH excluding ortho intramolecular Hbond substituents is 1. The third-order valence-corrected chi connectivity index (χ3v) is 2.24. The molecule has 0 aromatic heterocycles. The van der Waals surface area contributed by atoms with E-state index in [9.17, 15) is 9.90 Å². The van der Waals surface area contributed by atoms with Crippen molar-refractivity contribution in [2.75, 3.05) is 19.8 Å². The fourth-order valence-corrected chi connectivity index (χ4v) is 1.34. The van der Waals surface area contributed by atoms with Crippen LogP contribution in [0, 0.1) is 0 Å². The maximum Gasteiger partial charge on any atom is 0.341 e.